The third kappa shape index (κ3) is 2.69. The maximum Gasteiger partial charge on any atom is 0.194 e. The molecule has 1 aliphatic heterocycles. The number of benzene rings is 1. The van der Waals surface area contributed by atoms with Crippen molar-refractivity contribution in [2.45, 2.75) is 40.0 Å². The first-order valence-electron chi connectivity index (χ1n) is 6.97. The Hall–Kier alpha value is -1.84. The highest BCUT2D eigenvalue weighted by molar-refractivity contribution is 5.64. The summed E-state index contributed by atoms with van der Waals surface area (Å²) in [6, 6.07) is 3.01. The molecule has 0 fully saturated rings. The van der Waals surface area contributed by atoms with Crippen LogP contribution in [0.5, 0.6) is 0 Å². The number of rotatable bonds is 4. The maximum absolute atomic E-state index is 14.4. The van der Waals surface area contributed by atoms with Gasteiger partial charge in [-0.25, -0.2) is 4.39 Å². The van der Waals surface area contributed by atoms with Gasteiger partial charge in [0, 0.05) is 5.56 Å². The van der Waals surface area contributed by atoms with Gasteiger partial charge in [-0.05, 0) is 42.9 Å². The van der Waals surface area contributed by atoms with E-state index in [-0.39, 0.29) is 22.6 Å². The zero-order chi connectivity index (χ0) is 14.9. The number of fused-ring (bicyclic) bond motifs is 1. The lowest BCUT2D eigenvalue weighted by atomic mass is 9.98. The molecular weight excluding hydrogens is 257 g/mol. The van der Waals surface area contributed by atoms with Crippen LogP contribution in [0.2, 0.25) is 0 Å². The second-order valence-corrected chi connectivity index (χ2v) is 5.51. The van der Waals surface area contributed by atoms with Crippen molar-refractivity contribution in [3.63, 3.8) is 0 Å². The highest BCUT2D eigenvalue weighted by Crippen LogP contribution is 2.30. The average Bonchev–Trinajstić information content (AvgIpc) is 2.40. The smallest absolute Gasteiger partial charge is 0.194 e. The van der Waals surface area contributed by atoms with E-state index in [2.05, 4.69) is 13.8 Å². The Morgan fingerprint density at radius 3 is 2.60 bits per heavy atom. The Balaban J connectivity index is 2.58. The van der Waals surface area contributed by atoms with E-state index in [0.29, 0.717) is 24.3 Å². The molecule has 108 valence electrons. The van der Waals surface area contributed by atoms with Crippen molar-refractivity contribution in [1.29, 1.82) is 0 Å². The summed E-state index contributed by atoms with van der Waals surface area (Å²) >= 11 is 0. The van der Waals surface area contributed by atoms with E-state index >= 15 is 0 Å². The summed E-state index contributed by atoms with van der Waals surface area (Å²) in [5, 5.41) is 0. The first-order valence-corrected chi connectivity index (χ1v) is 6.97. The number of hydrogen-bond donors (Lipinski definition) is 1. The fourth-order valence-electron chi connectivity index (χ4n) is 2.24. The molecule has 0 spiro atoms. The van der Waals surface area contributed by atoms with Gasteiger partial charge < -0.3 is 10.2 Å². The predicted molar refractivity (Wildman–Crippen MR) is 78.5 cm³/mol. The van der Waals surface area contributed by atoms with Crippen LogP contribution in [0.15, 0.2) is 21.3 Å². The summed E-state index contributed by atoms with van der Waals surface area (Å²) in [5.41, 5.74) is 6.94. The van der Waals surface area contributed by atoms with Gasteiger partial charge in [-0.2, -0.15) is 0 Å². The van der Waals surface area contributed by atoms with Crippen molar-refractivity contribution in [3.8, 4) is 11.3 Å². The Bertz CT molecular complexity index is 646. The molecule has 2 N–H and O–H groups in total. The average molecular weight is 277 g/mol. The maximum atomic E-state index is 14.4. The van der Waals surface area contributed by atoms with E-state index in [1.54, 1.807) is 6.07 Å². The minimum atomic E-state index is -0.463. The van der Waals surface area contributed by atoms with E-state index in [4.69, 9.17) is 10.2 Å². The molecule has 0 unspecified atom stereocenters. The molecule has 2 aliphatic rings. The van der Waals surface area contributed by atoms with Gasteiger partial charge in [-0.15, -0.1) is 0 Å². The molecule has 0 radical (unpaired) electrons. The SMILES string of the molecule is CCc1cc2c(=O)cc(CCC(C)C)c(F)c-2oc1N. The van der Waals surface area contributed by atoms with Gasteiger partial charge in [0.05, 0.1) is 5.56 Å². The molecule has 0 aromatic carbocycles. The molecule has 0 atom stereocenters. The summed E-state index contributed by atoms with van der Waals surface area (Å²) in [6.07, 6.45) is 1.99. The Morgan fingerprint density at radius 1 is 1.30 bits per heavy atom. The Kier molecular flexibility index (Phi) is 4.12. The Morgan fingerprint density at radius 2 is 2.00 bits per heavy atom. The minimum absolute atomic E-state index is 0.0223. The standard InChI is InChI=1S/C16H20FNO2/c1-4-10-7-12-13(19)8-11(6-5-9(2)3)14(17)15(12)20-16(10)18/h7-9H,4-6,18H2,1-3H3. The van der Waals surface area contributed by atoms with Crippen LogP contribution in [0.1, 0.15) is 38.3 Å². The van der Waals surface area contributed by atoms with Crippen molar-refractivity contribution >= 4 is 5.88 Å². The summed E-state index contributed by atoms with van der Waals surface area (Å²) in [5.74, 6) is 0.143. The van der Waals surface area contributed by atoms with E-state index in [1.807, 2.05) is 6.92 Å². The third-order valence-corrected chi connectivity index (χ3v) is 3.52. The highest BCUT2D eigenvalue weighted by Gasteiger charge is 2.21. The molecule has 20 heavy (non-hydrogen) atoms. The fraction of sp³-hybridized carbons (Fsp3) is 0.438. The van der Waals surface area contributed by atoms with Gasteiger partial charge in [0.2, 0.25) is 0 Å². The predicted octanol–water partition coefficient (Wildman–Crippen LogP) is 3.62. The van der Waals surface area contributed by atoms with Gasteiger partial charge in [0.25, 0.3) is 0 Å². The molecule has 0 aromatic rings. The normalized spacial score (nSPS) is 11.4. The molecule has 0 bridgehead atoms. The number of aryl methyl sites for hydroxylation is 2. The molecule has 0 amide bonds. The second kappa shape index (κ2) is 5.65. The van der Waals surface area contributed by atoms with E-state index in [0.717, 1.165) is 12.0 Å². The second-order valence-electron chi connectivity index (χ2n) is 5.51. The van der Waals surface area contributed by atoms with Crippen molar-refractivity contribution in [2.24, 2.45) is 5.92 Å². The van der Waals surface area contributed by atoms with E-state index < -0.39 is 5.82 Å². The third-order valence-electron chi connectivity index (χ3n) is 3.52. The van der Waals surface area contributed by atoms with E-state index in [1.165, 1.54) is 6.07 Å². The van der Waals surface area contributed by atoms with Gasteiger partial charge in [-0.3, -0.25) is 4.79 Å². The largest absolute Gasteiger partial charge is 0.437 e. The Labute approximate surface area is 117 Å². The number of nitrogens with two attached hydrogens (primary N) is 1. The van der Waals surface area contributed by atoms with Crippen LogP contribution < -0.4 is 11.2 Å². The quantitative estimate of drug-likeness (QED) is 0.928. The number of anilines is 1. The van der Waals surface area contributed by atoms with Crippen molar-refractivity contribution in [2.75, 3.05) is 5.73 Å². The van der Waals surface area contributed by atoms with Crippen LogP contribution in [0, 0.1) is 11.7 Å². The molecule has 1 aliphatic carbocycles. The first kappa shape index (κ1) is 14.6. The van der Waals surface area contributed by atoms with Crippen LogP contribution in [0.4, 0.5) is 10.3 Å². The summed E-state index contributed by atoms with van der Waals surface area (Å²) in [4.78, 5) is 12.1. The topological polar surface area (TPSA) is 56.2 Å². The van der Waals surface area contributed by atoms with Crippen molar-refractivity contribution in [3.05, 3.63) is 39.3 Å². The monoisotopic (exact) mass is 277 g/mol. The van der Waals surface area contributed by atoms with Crippen molar-refractivity contribution < 1.29 is 8.81 Å². The van der Waals surface area contributed by atoms with Crippen LogP contribution >= 0.6 is 0 Å². The van der Waals surface area contributed by atoms with Gasteiger partial charge in [0.1, 0.15) is 0 Å². The van der Waals surface area contributed by atoms with Crippen LogP contribution in [-0.4, -0.2) is 0 Å². The number of halogens is 1. The molecular formula is C16H20FNO2. The minimum Gasteiger partial charge on any atom is -0.437 e. The molecule has 0 saturated heterocycles. The van der Waals surface area contributed by atoms with E-state index in [9.17, 15) is 9.18 Å². The lowest BCUT2D eigenvalue weighted by Gasteiger charge is -2.13. The molecule has 2 rings (SSSR count). The van der Waals surface area contributed by atoms with Gasteiger partial charge in [0.15, 0.2) is 22.9 Å². The fourth-order valence-corrected chi connectivity index (χ4v) is 2.24. The zero-order valence-electron chi connectivity index (χ0n) is 12.1. The molecule has 0 saturated carbocycles. The summed E-state index contributed by atoms with van der Waals surface area (Å²) < 4.78 is 19.8. The lowest BCUT2D eigenvalue weighted by Crippen LogP contribution is -2.12. The zero-order valence-corrected chi connectivity index (χ0v) is 12.1. The van der Waals surface area contributed by atoms with Crippen LogP contribution in [0.3, 0.4) is 0 Å². The first-order chi connectivity index (χ1) is 9.43. The van der Waals surface area contributed by atoms with Crippen molar-refractivity contribution in [1.82, 2.24) is 0 Å². The van der Waals surface area contributed by atoms with Crippen LogP contribution in [0.25, 0.3) is 11.3 Å². The highest BCUT2D eigenvalue weighted by atomic mass is 19.1. The van der Waals surface area contributed by atoms with Crippen LogP contribution in [-0.2, 0) is 12.8 Å². The molecule has 1 heterocycles. The van der Waals surface area contributed by atoms with Gasteiger partial charge in [-0.1, -0.05) is 20.8 Å². The number of hydrogen-bond acceptors (Lipinski definition) is 3. The summed E-state index contributed by atoms with van der Waals surface area (Å²) in [6.45, 7) is 6.03. The molecule has 0 aromatic heterocycles. The lowest BCUT2D eigenvalue weighted by molar-refractivity contribution is 0.506. The number of nitrogen functional groups attached to an aromatic ring is 1. The molecule has 3 nitrogen and oxygen atoms in total. The van der Waals surface area contributed by atoms with Gasteiger partial charge >= 0.3 is 0 Å². The summed E-state index contributed by atoms with van der Waals surface area (Å²) in [7, 11) is 0. The molecule has 4 heteroatoms.